The third-order valence-electron chi connectivity index (χ3n) is 6.17. The number of thiazole rings is 1. The Morgan fingerprint density at radius 3 is 2.38 bits per heavy atom. The average molecular weight is 681 g/mol. The molecule has 0 atom stereocenters. The minimum atomic E-state index is -0.390. The third kappa shape index (κ3) is 8.74. The number of anilines is 3. The fourth-order valence-electron chi connectivity index (χ4n) is 3.94. The largest absolute Gasteiger partial charge is 0.493 e. The van der Waals surface area contributed by atoms with Gasteiger partial charge in [0.05, 0.1) is 29.1 Å². The van der Waals surface area contributed by atoms with Crippen molar-refractivity contribution in [3.8, 4) is 22.8 Å². The minimum Gasteiger partial charge on any atom is -0.493 e. The van der Waals surface area contributed by atoms with Crippen molar-refractivity contribution in [2.45, 2.75) is 0 Å². The highest BCUT2D eigenvalue weighted by atomic mass is 35.5. The van der Waals surface area contributed by atoms with E-state index in [0.29, 0.717) is 43.4 Å². The molecule has 228 valence electrons. The molecular formula is C32H24Cl3N5O4S. The highest BCUT2D eigenvalue weighted by Crippen LogP contribution is 2.29. The number of nitrogens with one attached hydrogen (secondary N) is 3. The van der Waals surface area contributed by atoms with Crippen LogP contribution >= 0.6 is 46.1 Å². The summed E-state index contributed by atoms with van der Waals surface area (Å²) in [5.41, 5.74) is 6.63. The van der Waals surface area contributed by atoms with E-state index in [0.717, 1.165) is 22.1 Å². The average Bonchev–Trinajstić information content (AvgIpc) is 3.51. The van der Waals surface area contributed by atoms with E-state index in [-0.39, 0.29) is 18.4 Å². The van der Waals surface area contributed by atoms with Gasteiger partial charge in [-0.25, -0.2) is 10.4 Å². The molecule has 1 heterocycles. The molecule has 0 aliphatic heterocycles. The van der Waals surface area contributed by atoms with Crippen molar-refractivity contribution in [2.75, 3.05) is 24.4 Å². The topological polar surface area (TPSA) is 114 Å². The van der Waals surface area contributed by atoms with Crippen LogP contribution < -0.4 is 25.5 Å². The summed E-state index contributed by atoms with van der Waals surface area (Å²) in [7, 11) is 1.48. The summed E-state index contributed by atoms with van der Waals surface area (Å²) in [6, 6.07) is 24.2. The number of halogens is 3. The smallest absolute Gasteiger partial charge is 0.271 e. The Hall–Kier alpha value is -4.61. The number of nitrogens with zero attached hydrogens (tertiary/aromatic N) is 2. The van der Waals surface area contributed by atoms with Gasteiger partial charge in [-0.3, -0.25) is 9.59 Å². The molecule has 0 fully saturated rings. The molecule has 0 radical (unpaired) electrons. The monoisotopic (exact) mass is 679 g/mol. The van der Waals surface area contributed by atoms with Crippen LogP contribution in [0.15, 0.2) is 95.4 Å². The number of carbonyl (C=O) groups is 2. The fraction of sp³-hybridized carbons (Fsp3) is 0.0625. The zero-order valence-corrected chi connectivity index (χ0v) is 26.6. The van der Waals surface area contributed by atoms with Crippen molar-refractivity contribution in [1.82, 2.24) is 10.4 Å². The number of hydrogen-bond acceptors (Lipinski definition) is 8. The Morgan fingerprint density at radius 1 is 0.889 bits per heavy atom. The van der Waals surface area contributed by atoms with Crippen LogP contribution in [0.5, 0.6) is 11.5 Å². The summed E-state index contributed by atoms with van der Waals surface area (Å²) in [6.45, 7) is -0.261. The summed E-state index contributed by atoms with van der Waals surface area (Å²) in [4.78, 5) is 29.6. The van der Waals surface area contributed by atoms with Crippen LogP contribution in [0.25, 0.3) is 11.3 Å². The van der Waals surface area contributed by atoms with Crippen molar-refractivity contribution in [3.63, 3.8) is 0 Å². The molecule has 1 aromatic heterocycles. The summed E-state index contributed by atoms with van der Waals surface area (Å²) in [5.74, 6) is -0.0202. The Balaban J connectivity index is 1.12. The fourth-order valence-corrected chi connectivity index (χ4v) is 5.10. The van der Waals surface area contributed by atoms with Crippen LogP contribution in [0, 0.1) is 0 Å². The lowest BCUT2D eigenvalue weighted by Gasteiger charge is -2.12. The Labute approximate surface area is 277 Å². The minimum absolute atomic E-state index is 0.261. The highest BCUT2D eigenvalue weighted by molar-refractivity contribution is 7.14. The number of methoxy groups -OCH3 is 1. The van der Waals surface area contributed by atoms with E-state index in [9.17, 15) is 9.59 Å². The van der Waals surface area contributed by atoms with Gasteiger partial charge in [-0.05, 0) is 78.4 Å². The van der Waals surface area contributed by atoms with E-state index in [4.69, 9.17) is 44.3 Å². The number of hydrogen-bond donors (Lipinski definition) is 3. The molecule has 0 aliphatic carbocycles. The molecule has 3 N–H and O–H groups in total. The van der Waals surface area contributed by atoms with Crippen LogP contribution in [0.4, 0.5) is 16.5 Å². The molecule has 0 spiro atoms. The number of amides is 2. The maximum Gasteiger partial charge on any atom is 0.271 e. The normalized spacial score (nSPS) is 10.8. The maximum absolute atomic E-state index is 12.7. The van der Waals surface area contributed by atoms with E-state index in [1.807, 2.05) is 29.6 Å². The van der Waals surface area contributed by atoms with Crippen molar-refractivity contribution in [1.29, 1.82) is 0 Å². The van der Waals surface area contributed by atoms with Gasteiger partial charge in [-0.1, -0.05) is 46.9 Å². The van der Waals surface area contributed by atoms with Crippen molar-refractivity contribution < 1.29 is 19.1 Å². The molecule has 45 heavy (non-hydrogen) atoms. The molecule has 0 aliphatic rings. The zero-order valence-electron chi connectivity index (χ0n) is 23.5. The Bertz CT molecular complexity index is 1850. The highest BCUT2D eigenvalue weighted by Gasteiger charge is 2.11. The first kappa shape index (κ1) is 31.8. The molecule has 0 saturated heterocycles. The second-order valence-corrected chi connectivity index (χ2v) is 11.4. The van der Waals surface area contributed by atoms with E-state index in [1.165, 1.54) is 24.7 Å². The lowest BCUT2D eigenvalue weighted by Crippen LogP contribution is -2.20. The first-order valence-electron chi connectivity index (χ1n) is 13.2. The summed E-state index contributed by atoms with van der Waals surface area (Å²) in [5, 5.41) is 14.0. The maximum atomic E-state index is 12.7. The van der Waals surface area contributed by atoms with Crippen LogP contribution in [0.1, 0.15) is 15.9 Å². The number of aromatic nitrogens is 1. The zero-order chi connectivity index (χ0) is 31.8. The molecule has 5 aromatic rings. The first-order valence-corrected chi connectivity index (χ1v) is 15.3. The molecule has 0 unspecified atom stereocenters. The van der Waals surface area contributed by atoms with Gasteiger partial charge in [0.1, 0.15) is 0 Å². The van der Waals surface area contributed by atoms with E-state index >= 15 is 0 Å². The van der Waals surface area contributed by atoms with E-state index in [1.54, 1.807) is 60.7 Å². The Morgan fingerprint density at radius 2 is 1.64 bits per heavy atom. The number of ether oxygens (including phenoxy) is 2. The quantitative estimate of drug-likeness (QED) is 0.0956. The lowest BCUT2D eigenvalue weighted by atomic mass is 10.1. The molecule has 2 amide bonds. The van der Waals surface area contributed by atoms with Crippen LogP contribution in [-0.2, 0) is 4.79 Å². The van der Waals surface area contributed by atoms with Gasteiger partial charge in [-0.2, -0.15) is 5.10 Å². The number of carbonyl (C=O) groups excluding carboxylic acids is 2. The molecule has 0 saturated carbocycles. The molecule has 0 bridgehead atoms. The van der Waals surface area contributed by atoms with Gasteiger partial charge < -0.3 is 20.1 Å². The van der Waals surface area contributed by atoms with Gasteiger partial charge in [0, 0.05) is 32.9 Å². The van der Waals surface area contributed by atoms with Crippen molar-refractivity contribution >= 4 is 80.7 Å². The van der Waals surface area contributed by atoms with Gasteiger partial charge >= 0.3 is 0 Å². The van der Waals surface area contributed by atoms with Crippen LogP contribution in [-0.4, -0.2) is 36.7 Å². The molecule has 4 aromatic carbocycles. The molecule has 13 heteroatoms. The number of benzene rings is 4. The lowest BCUT2D eigenvalue weighted by molar-refractivity contribution is -0.118. The van der Waals surface area contributed by atoms with Crippen molar-refractivity contribution in [2.24, 2.45) is 5.10 Å². The summed E-state index contributed by atoms with van der Waals surface area (Å²) in [6.07, 6.45) is 1.47. The second-order valence-electron chi connectivity index (χ2n) is 9.32. The van der Waals surface area contributed by atoms with Gasteiger partial charge in [0.2, 0.25) is 0 Å². The standard InChI is InChI=1S/C32H24Cl3N5O4S/c1-43-29-14-19(2-13-28(29)44-17-30(41)37-24-11-12-25(34)26(35)15-24)16-36-40-31(42)21-5-3-20(4-6-21)27-18-45-32(39-27)38-23-9-7-22(33)8-10-23/h2-16,18H,17H2,1H3,(H,37,41)(H,38,39)(H,40,42)/b36-16-. The SMILES string of the molecule is COc1cc(/C=N\NC(=O)c2ccc(-c3csc(Nc4ccc(Cl)cc4)n3)cc2)ccc1OCC(=O)Nc1ccc(Cl)c(Cl)c1. The summed E-state index contributed by atoms with van der Waals surface area (Å²) >= 11 is 19.3. The van der Waals surface area contributed by atoms with Gasteiger partial charge in [-0.15, -0.1) is 11.3 Å². The number of rotatable bonds is 11. The van der Waals surface area contributed by atoms with Crippen LogP contribution in [0.3, 0.4) is 0 Å². The number of hydrazone groups is 1. The predicted octanol–water partition coefficient (Wildman–Crippen LogP) is 8.30. The van der Waals surface area contributed by atoms with Gasteiger partial charge in [0.25, 0.3) is 11.8 Å². The van der Waals surface area contributed by atoms with Crippen LogP contribution in [0.2, 0.25) is 15.1 Å². The first-order chi connectivity index (χ1) is 21.8. The Kier molecular flexibility index (Phi) is 10.5. The predicted molar refractivity (Wildman–Crippen MR) is 181 cm³/mol. The molecule has 9 nitrogen and oxygen atoms in total. The molecule has 5 rings (SSSR count). The summed E-state index contributed by atoms with van der Waals surface area (Å²) < 4.78 is 11.0. The molecular weight excluding hydrogens is 657 g/mol. The van der Waals surface area contributed by atoms with E-state index in [2.05, 4.69) is 26.1 Å². The third-order valence-corrected chi connectivity index (χ3v) is 7.92. The second kappa shape index (κ2) is 14.9. The van der Waals surface area contributed by atoms with Crippen molar-refractivity contribution in [3.05, 3.63) is 117 Å². The van der Waals surface area contributed by atoms with E-state index < -0.39 is 0 Å². The van der Waals surface area contributed by atoms with Gasteiger partial charge in [0.15, 0.2) is 23.2 Å².